The maximum Gasteiger partial charge on any atom is 0.327 e. The number of rotatable bonds is 2. The van der Waals surface area contributed by atoms with Gasteiger partial charge in [-0.15, -0.1) is 0 Å². The van der Waals surface area contributed by atoms with Crippen molar-refractivity contribution in [3.8, 4) is 0 Å². The minimum absolute atomic E-state index is 0.194. The van der Waals surface area contributed by atoms with E-state index in [1.807, 2.05) is 13.8 Å². The summed E-state index contributed by atoms with van der Waals surface area (Å²) in [7, 11) is 0. The van der Waals surface area contributed by atoms with Gasteiger partial charge in [0, 0.05) is 6.54 Å². The Morgan fingerprint density at radius 3 is 1.92 bits per heavy atom. The van der Waals surface area contributed by atoms with E-state index >= 15 is 0 Å². The van der Waals surface area contributed by atoms with Crippen LogP contribution in [0, 0.1) is 5.41 Å². The molecule has 3 rings (SSSR count). The molecular weight excluding hydrogens is 308 g/mol. The van der Waals surface area contributed by atoms with Gasteiger partial charge < -0.3 is 15.1 Å². The number of aliphatic hydroxyl groups is 2. The lowest BCUT2D eigenvalue weighted by Gasteiger charge is -2.50. The lowest BCUT2D eigenvalue weighted by Crippen LogP contribution is -2.68. The number of aliphatic hydroxyl groups excluding tert-OH is 2. The van der Waals surface area contributed by atoms with Crippen LogP contribution in [0.4, 0.5) is 4.79 Å². The van der Waals surface area contributed by atoms with Crippen molar-refractivity contribution in [3.05, 3.63) is 0 Å². The zero-order chi connectivity index (χ0) is 17.5. The van der Waals surface area contributed by atoms with Crippen molar-refractivity contribution in [2.24, 2.45) is 5.41 Å². The molecule has 6 nitrogen and oxygen atoms in total. The quantitative estimate of drug-likeness (QED) is 0.805. The van der Waals surface area contributed by atoms with Gasteiger partial charge >= 0.3 is 6.03 Å². The molecule has 2 N–H and O–H groups in total. The second-order valence-electron chi connectivity index (χ2n) is 8.31. The number of hydrogen-bond acceptors (Lipinski definition) is 4. The lowest BCUT2D eigenvalue weighted by molar-refractivity contribution is -0.150. The first kappa shape index (κ1) is 17.7. The summed E-state index contributed by atoms with van der Waals surface area (Å²) in [5.74, 6) is -0.194. The topological polar surface area (TPSA) is 81.1 Å². The predicted octanol–water partition coefficient (Wildman–Crippen LogP) is 1.88. The van der Waals surface area contributed by atoms with E-state index in [9.17, 15) is 19.8 Å². The molecule has 0 aromatic rings. The molecule has 0 bridgehead atoms. The molecule has 2 saturated carbocycles. The number of nitrogens with zero attached hydrogens (tertiary/aromatic N) is 2. The zero-order valence-electron chi connectivity index (χ0n) is 14.8. The summed E-state index contributed by atoms with van der Waals surface area (Å²) in [5, 5.41) is 20.7. The van der Waals surface area contributed by atoms with Crippen LogP contribution in [0.15, 0.2) is 0 Å². The van der Waals surface area contributed by atoms with Gasteiger partial charge in [-0.3, -0.25) is 9.69 Å². The molecule has 6 heteroatoms. The Kier molecular flexibility index (Phi) is 4.89. The summed E-state index contributed by atoms with van der Waals surface area (Å²) >= 11 is 0. The molecule has 3 amide bonds. The Morgan fingerprint density at radius 2 is 1.38 bits per heavy atom. The average molecular weight is 338 g/mol. The molecule has 1 saturated heterocycles. The van der Waals surface area contributed by atoms with Crippen LogP contribution in [0.25, 0.3) is 0 Å². The monoisotopic (exact) mass is 338 g/mol. The van der Waals surface area contributed by atoms with Gasteiger partial charge in [-0.05, 0) is 39.5 Å². The van der Waals surface area contributed by atoms with Crippen molar-refractivity contribution in [3.63, 3.8) is 0 Å². The standard InChI is InChI=1S/C18H30N2O4/c1-18(2)11-19(12-7-3-5-9-14(12)21)17(24)20(16(18)23)13-8-4-6-10-15(13)22/h12-15,21-22H,3-11H2,1-2H3. The van der Waals surface area contributed by atoms with Crippen LogP contribution in [0.3, 0.4) is 0 Å². The molecule has 136 valence electrons. The molecule has 0 aromatic carbocycles. The summed E-state index contributed by atoms with van der Waals surface area (Å²) in [6, 6.07) is -0.973. The minimum Gasteiger partial charge on any atom is -0.391 e. The van der Waals surface area contributed by atoms with Gasteiger partial charge in [0.15, 0.2) is 0 Å². The second-order valence-corrected chi connectivity index (χ2v) is 8.31. The molecule has 0 aromatic heterocycles. The molecule has 0 radical (unpaired) electrons. The summed E-state index contributed by atoms with van der Waals surface area (Å²) in [5.41, 5.74) is -0.692. The van der Waals surface area contributed by atoms with Gasteiger partial charge in [0.25, 0.3) is 0 Å². The van der Waals surface area contributed by atoms with Gasteiger partial charge in [0.2, 0.25) is 5.91 Å². The maximum atomic E-state index is 13.1. The largest absolute Gasteiger partial charge is 0.391 e. The first-order valence-electron chi connectivity index (χ1n) is 9.33. The van der Waals surface area contributed by atoms with Crippen LogP contribution in [-0.4, -0.2) is 62.8 Å². The van der Waals surface area contributed by atoms with Crippen molar-refractivity contribution in [1.82, 2.24) is 9.80 Å². The summed E-state index contributed by atoms with van der Waals surface area (Å²) in [6.07, 6.45) is 5.44. The van der Waals surface area contributed by atoms with Gasteiger partial charge in [0.1, 0.15) is 0 Å². The fourth-order valence-corrected chi connectivity index (χ4v) is 4.51. The van der Waals surface area contributed by atoms with E-state index in [4.69, 9.17) is 0 Å². The number of carbonyl (C=O) groups excluding carboxylic acids is 2. The fraction of sp³-hybridized carbons (Fsp3) is 0.889. The fourth-order valence-electron chi connectivity index (χ4n) is 4.51. The van der Waals surface area contributed by atoms with E-state index in [1.54, 1.807) is 4.90 Å². The van der Waals surface area contributed by atoms with E-state index in [0.717, 1.165) is 32.1 Å². The smallest absolute Gasteiger partial charge is 0.327 e. The molecule has 2 aliphatic carbocycles. The summed E-state index contributed by atoms with van der Waals surface area (Å²) < 4.78 is 0. The third-order valence-electron chi connectivity index (χ3n) is 5.94. The van der Waals surface area contributed by atoms with Crippen LogP contribution in [0.5, 0.6) is 0 Å². The summed E-state index contributed by atoms with van der Waals surface area (Å²) in [4.78, 5) is 29.1. The van der Waals surface area contributed by atoms with Crippen molar-refractivity contribution >= 4 is 11.9 Å². The van der Waals surface area contributed by atoms with E-state index in [-0.39, 0.29) is 18.0 Å². The van der Waals surface area contributed by atoms with Gasteiger partial charge in [-0.2, -0.15) is 0 Å². The van der Waals surface area contributed by atoms with Crippen LogP contribution >= 0.6 is 0 Å². The molecule has 3 fully saturated rings. The molecule has 24 heavy (non-hydrogen) atoms. The van der Waals surface area contributed by atoms with Crippen molar-refractivity contribution in [2.45, 2.75) is 89.5 Å². The minimum atomic E-state index is -0.692. The molecule has 1 aliphatic heterocycles. The molecule has 0 spiro atoms. The normalized spacial score (nSPS) is 37.7. The van der Waals surface area contributed by atoms with E-state index in [0.29, 0.717) is 25.8 Å². The Labute approximate surface area is 143 Å². The Hall–Kier alpha value is -1.14. The van der Waals surface area contributed by atoms with E-state index in [1.165, 1.54) is 4.90 Å². The molecular formula is C18H30N2O4. The van der Waals surface area contributed by atoms with Crippen LogP contribution in [0.1, 0.15) is 65.2 Å². The third kappa shape index (κ3) is 3.06. The summed E-state index contributed by atoms with van der Waals surface area (Å²) in [6.45, 7) is 4.05. The number of hydrogen-bond donors (Lipinski definition) is 2. The molecule has 1 heterocycles. The molecule has 4 atom stereocenters. The van der Waals surface area contributed by atoms with Gasteiger partial charge in [0.05, 0.1) is 29.7 Å². The predicted molar refractivity (Wildman–Crippen MR) is 89.3 cm³/mol. The van der Waals surface area contributed by atoms with Crippen LogP contribution in [0.2, 0.25) is 0 Å². The van der Waals surface area contributed by atoms with Crippen molar-refractivity contribution in [2.75, 3.05) is 6.54 Å². The maximum absolute atomic E-state index is 13.1. The SMILES string of the molecule is CC1(C)CN(C2CCCCC2O)C(=O)N(C2CCCCC2O)C1=O. The van der Waals surface area contributed by atoms with Crippen LogP contribution in [-0.2, 0) is 4.79 Å². The number of carbonyl (C=O) groups is 2. The van der Waals surface area contributed by atoms with Crippen LogP contribution < -0.4 is 0 Å². The van der Waals surface area contributed by atoms with E-state index < -0.39 is 23.7 Å². The van der Waals surface area contributed by atoms with Crippen molar-refractivity contribution < 1.29 is 19.8 Å². The van der Waals surface area contributed by atoms with Crippen molar-refractivity contribution in [1.29, 1.82) is 0 Å². The number of amides is 3. The van der Waals surface area contributed by atoms with Gasteiger partial charge in [-0.1, -0.05) is 25.7 Å². The first-order chi connectivity index (χ1) is 11.3. The second kappa shape index (κ2) is 6.64. The zero-order valence-corrected chi connectivity index (χ0v) is 14.8. The molecule has 3 aliphatic rings. The third-order valence-corrected chi connectivity index (χ3v) is 5.94. The molecule has 4 unspecified atom stereocenters. The highest BCUT2D eigenvalue weighted by Crippen LogP contribution is 2.36. The van der Waals surface area contributed by atoms with E-state index in [2.05, 4.69) is 0 Å². The average Bonchev–Trinajstić information content (AvgIpc) is 2.54. The first-order valence-corrected chi connectivity index (χ1v) is 9.33. The Morgan fingerprint density at radius 1 is 0.875 bits per heavy atom. The Balaban J connectivity index is 1.89. The lowest BCUT2D eigenvalue weighted by atomic mass is 9.83. The Bertz CT molecular complexity index is 507. The highest BCUT2D eigenvalue weighted by Gasteiger charge is 2.51. The highest BCUT2D eigenvalue weighted by atomic mass is 16.3. The number of imide groups is 1. The van der Waals surface area contributed by atoms with Gasteiger partial charge in [-0.25, -0.2) is 4.79 Å². The highest BCUT2D eigenvalue weighted by molar-refractivity contribution is 6.00. The number of urea groups is 1.